The number of hydrogen-bond acceptors (Lipinski definition) is 3. The van der Waals surface area contributed by atoms with Crippen molar-refractivity contribution in [3.05, 3.63) is 23.9 Å². The van der Waals surface area contributed by atoms with Crippen LogP contribution in [0.2, 0.25) is 0 Å². The van der Waals surface area contributed by atoms with Gasteiger partial charge >= 0.3 is 0 Å². The molecular weight excluding hydrogens is 391 g/mol. The quantitative estimate of drug-likeness (QED) is 0.453. The minimum Gasteiger partial charge on any atom is -0.478 e. The third-order valence-electron chi connectivity index (χ3n) is 3.61. The Kier molecular flexibility index (Phi) is 9.19. The zero-order valence-corrected chi connectivity index (χ0v) is 15.7. The summed E-state index contributed by atoms with van der Waals surface area (Å²) in [5.41, 5.74) is 7.14. The number of halogens is 1. The fourth-order valence-corrected chi connectivity index (χ4v) is 2.37. The van der Waals surface area contributed by atoms with Crippen molar-refractivity contribution in [3.8, 4) is 5.88 Å². The molecule has 0 radical (unpaired) electrons. The van der Waals surface area contributed by atoms with Crippen molar-refractivity contribution < 1.29 is 4.74 Å². The summed E-state index contributed by atoms with van der Waals surface area (Å²) in [5.74, 6) is 1.33. The molecule has 0 saturated carbocycles. The Morgan fingerprint density at radius 1 is 1.27 bits per heavy atom. The summed E-state index contributed by atoms with van der Waals surface area (Å²) < 4.78 is 5.46. The maximum Gasteiger partial charge on any atom is 0.213 e. The predicted octanol–water partition coefficient (Wildman–Crippen LogP) is 3.18. The normalized spacial score (nSPS) is 15.9. The molecule has 0 atom stereocenters. The van der Waals surface area contributed by atoms with E-state index in [9.17, 15) is 0 Å². The minimum absolute atomic E-state index is 0. The Bertz CT molecular complexity index is 442. The van der Waals surface area contributed by atoms with Crippen LogP contribution in [0.4, 0.5) is 0 Å². The van der Waals surface area contributed by atoms with E-state index in [1.54, 1.807) is 0 Å². The zero-order valence-electron chi connectivity index (χ0n) is 13.3. The van der Waals surface area contributed by atoms with Crippen LogP contribution in [0, 0.1) is 0 Å². The van der Waals surface area contributed by atoms with Gasteiger partial charge in [0, 0.05) is 25.4 Å². The fraction of sp³-hybridized carbons (Fsp3) is 0.625. The van der Waals surface area contributed by atoms with Crippen molar-refractivity contribution in [1.29, 1.82) is 0 Å². The fourth-order valence-electron chi connectivity index (χ4n) is 2.37. The van der Waals surface area contributed by atoms with E-state index < -0.39 is 0 Å². The highest BCUT2D eigenvalue weighted by Gasteiger charge is 2.10. The average Bonchev–Trinajstić information content (AvgIpc) is 2.81. The molecule has 1 aromatic heterocycles. The topological polar surface area (TPSA) is 63.7 Å². The van der Waals surface area contributed by atoms with Gasteiger partial charge in [0.2, 0.25) is 5.88 Å². The van der Waals surface area contributed by atoms with Gasteiger partial charge in [0.05, 0.1) is 13.2 Å². The highest BCUT2D eigenvalue weighted by Crippen LogP contribution is 2.11. The molecule has 1 aliphatic heterocycles. The lowest BCUT2D eigenvalue weighted by molar-refractivity contribution is 0.305. The van der Waals surface area contributed by atoms with Crippen LogP contribution < -0.4 is 10.5 Å². The van der Waals surface area contributed by atoms with E-state index in [1.165, 1.54) is 25.7 Å². The molecule has 0 aromatic carbocycles. The maximum absolute atomic E-state index is 6.09. The van der Waals surface area contributed by atoms with Crippen LogP contribution in [0.15, 0.2) is 23.3 Å². The van der Waals surface area contributed by atoms with Crippen LogP contribution >= 0.6 is 24.0 Å². The Balaban J connectivity index is 0.00000242. The molecule has 2 N–H and O–H groups in total. The van der Waals surface area contributed by atoms with Gasteiger partial charge in [0.1, 0.15) is 0 Å². The Morgan fingerprint density at radius 2 is 2.00 bits per heavy atom. The summed E-state index contributed by atoms with van der Waals surface area (Å²) in [5, 5.41) is 0. The van der Waals surface area contributed by atoms with Gasteiger partial charge < -0.3 is 15.4 Å². The molecule has 1 aliphatic rings. The number of ether oxygens (including phenoxy) is 1. The van der Waals surface area contributed by atoms with E-state index in [4.69, 9.17) is 10.5 Å². The average molecular weight is 418 g/mol. The summed E-state index contributed by atoms with van der Waals surface area (Å²) in [6.07, 6.45) is 7.81. The molecule has 5 nitrogen and oxygen atoms in total. The molecule has 6 heteroatoms. The molecule has 0 amide bonds. The second kappa shape index (κ2) is 10.6. The summed E-state index contributed by atoms with van der Waals surface area (Å²) in [6.45, 7) is 5.40. The minimum atomic E-state index is 0. The summed E-state index contributed by atoms with van der Waals surface area (Å²) in [6, 6.07) is 3.89. The number of rotatable bonds is 5. The van der Waals surface area contributed by atoms with Crippen LogP contribution in [0.3, 0.4) is 0 Å². The molecule has 124 valence electrons. The highest BCUT2D eigenvalue weighted by molar-refractivity contribution is 14.0. The standard InChI is InChI=1S/C16H26N4O.HI/c1-2-11-21-15-8-7-14(12-18-15)13-19-16(17)20-9-5-3-4-6-10-20;/h7-8,12H,2-6,9-11,13H2,1H3,(H2,17,19);1H. The van der Waals surface area contributed by atoms with E-state index in [-0.39, 0.29) is 24.0 Å². The third-order valence-corrected chi connectivity index (χ3v) is 3.61. The Labute approximate surface area is 150 Å². The van der Waals surface area contributed by atoms with Crippen molar-refractivity contribution >= 4 is 29.9 Å². The Morgan fingerprint density at radius 3 is 2.59 bits per heavy atom. The van der Waals surface area contributed by atoms with Crippen molar-refractivity contribution in [1.82, 2.24) is 9.88 Å². The first-order valence-corrected chi connectivity index (χ1v) is 7.92. The van der Waals surface area contributed by atoms with Crippen LogP contribution in [-0.4, -0.2) is 35.5 Å². The number of hydrogen-bond donors (Lipinski definition) is 1. The maximum atomic E-state index is 6.09. The number of aromatic nitrogens is 1. The van der Waals surface area contributed by atoms with Crippen molar-refractivity contribution in [2.24, 2.45) is 10.7 Å². The first-order valence-electron chi connectivity index (χ1n) is 7.92. The molecule has 0 bridgehead atoms. The largest absolute Gasteiger partial charge is 0.478 e. The van der Waals surface area contributed by atoms with E-state index in [1.807, 2.05) is 18.3 Å². The van der Waals surface area contributed by atoms with Gasteiger partial charge in [-0.3, -0.25) is 0 Å². The first kappa shape index (κ1) is 19.0. The molecular formula is C16H27IN4O. The van der Waals surface area contributed by atoms with Crippen molar-refractivity contribution in [2.45, 2.75) is 45.6 Å². The SMILES string of the molecule is CCCOc1ccc(CN=C(N)N2CCCCCC2)cn1.I. The zero-order chi connectivity index (χ0) is 14.9. The molecule has 2 rings (SSSR count). The number of likely N-dealkylation sites (tertiary alicyclic amines) is 1. The highest BCUT2D eigenvalue weighted by atomic mass is 127. The number of aliphatic imine (C=N–C) groups is 1. The van der Waals surface area contributed by atoms with Gasteiger partial charge in [-0.05, 0) is 24.8 Å². The van der Waals surface area contributed by atoms with Crippen LogP contribution in [-0.2, 0) is 6.54 Å². The summed E-state index contributed by atoms with van der Waals surface area (Å²) in [4.78, 5) is 11.0. The molecule has 1 saturated heterocycles. The van der Waals surface area contributed by atoms with Crippen molar-refractivity contribution in [3.63, 3.8) is 0 Å². The molecule has 1 aromatic rings. The summed E-state index contributed by atoms with van der Waals surface area (Å²) in [7, 11) is 0. The second-order valence-corrected chi connectivity index (χ2v) is 5.43. The lowest BCUT2D eigenvalue weighted by Gasteiger charge is -2.21. The lowest BCUT2D eigenvalue weighted by Crippen LogP contribution is -2.38. The third kappa shape index (κ3) is 6.37. The number of nitrogens with zero attached hydrogens (tertiary/aromatic N) is 3. The monoisotopic (exact) mass is 418 g/mol. The molecule has 0 unspecified atom stereocenters. The summed E-state index contributed by atoms with van der Waals surface area (Å²) >= 11 is 0. The van der Waals surface area contributed by atoms with Gasteiger partial charge in [-0.2, -0.15) is 0 Å². The van der Waals surface area contributed by atoms with Gasteiger partial charge in [-0.1, -0.05) is 25.8 Å². The molecule has 1 fully saturated rings. The first-order chi connectivity index (χ1) is 10.3. The Hall–Kier alpha value is -1.05. The van der Waals surface area contributed by atoms with Gasteiger partial charge in [-0.15, -0.1) is 24.0 Å². The number of pyridine rings is 1. The molecule has 2 heterocycles. The van der Waals surface area contributed by atoms with E-state index in [0.717, 1.165) is 25.1 Å². The van der Waals surface area contributed by atoms with Gasteiger partial charge in [0.15, 0.2) is 5.96 Å². The van der Waals surface area contributed by atoms with Gasteiger partial charge in [0.25, 0.3) is 0 Å². The number of nitrogens with two attached hydrogens (primary N) is 1. The molecule has 0 aliphatic carbocycles. The van der Waals surface area contributed by atoms with Crippen LogP contribution in [0.1, 0.15) is 44.6 Å². The van der Waals surface area contributed by atoms with E-state index >= 15 is 0 Å². The van der Waals surface area contributed by atoms with E-state index in [0.29, 0.717) is 25.0 Å². The van der Waals surface area contributed by atoms with Crippen LogP contribution in [0.5, 0.6) is 5.88 Å². The van der Waals surface area contributed by atoms with Gasteiger partial charge in [-0.25, -0.2) is 9.98 Å². The smallest absolute Gasteiger partial charge is 0.213 e. The van der Waals surface area contributed by atoms with Crippen LogP contribution in [0.25, 0.3) is 0 Å². The van der Waals surface area contributed by atoms with Crippen molar-refractivity contribution in [2.75, 3.05) is 19.7 Å². The predicted molar refractivity (Wildman–Crippen MR) is 101 cm³/mol. The molecule has 0 spiro atoms. The lowest BCUT2D eigenvalue weighted by atomic mass is 10.2. The second-order valence-electron chi connectivity index (χ2n) is 5.43. The number of guanidine groups is 1. The van der Waals surface area contributed by atoms with E-state index in [2.05, 4.69) is 21.8 Å². The molecule has 22 heavy (non-hydrogen) atoms.